The molecular formula is C10H22N2. The minimum absolute atomic E-state index is 0.722. The zero-order chi connectivity index (χ0) is 8.97. The molecule has 0 amide bonds. The molecule has 0 aromatic carbocycles. The van der Waals surface area contributed by atoms with Gasteiger partial charge in [0.15, 0.2) is 0 Å². The van der Waals surface area contributed by atoms with Crippen molar-refractivity contribution in [1.82, 2.24) is 10.2 Å². The van der Waals surface area contributed by atoms with Crippen LogP contribution in [0, 0.1) is 0 Å². The van der Waals surface area contributed by atoms with E-state index in [0.717, 1.165) is 18.6 Å². The van der Waals surface area contributed by atoms with E-state index in [4.69, 9.17) is 0 Å². The topological polar surface area (TPSA) is 15.3 Å². The molecule has 1 fully saturated rings. The second-order valence-electron chi connectivity index (χ2n) is 3.93. The van der Waals surface area contributed by atoms with E-state index in [-0.39, 0.29) is 0 Å². The second kappa shape index (κ2) is 4.83. The summed E-state index contributed by atoms with van der Waals surface area (Å²) in [6.45, 7) is 10.5. The minimum atomic E-state index is 0.722. The van der Waals surface area contributed by atoms with Gasteiger partial charge in [0, 0.05) is 31.7 Å². The van der Waals surface area contributed by atoms with Gasteiger partial charge in [-0.25, -0.2) is 0 Å². The SMILES string of the molecule is CCCC(C)N1CCNC[C@@H]1C. The van der Waals surface area contributed by atoms with Crippen LogP contribution in [0.5, 0.6) is 0 Å². The monoisotopic (exact) mass is 170 g/mol. The third kappa shape index (κ3) is 2.46. The molecule has 1 aliphatic rings. The average Bonchev–Trinajstić information content (AvgIpc) is 2.05. The number of hydrogen-bond donors (Lipinski definition) is 1. The summed E-state index contributed by atoms with van der Waals surface area (Å²) in [7, 11) is 0. The summed E-state index contributed by atoms with van der Waals surface area (Å²) < 4.78 is 0. The maximum absolute atomic E-state index is 3.42. The summed E-state index contributed by atoms with van der Waals surface area (Å²) in [6, 6.07) is 1.49. The van der Waals surface area contributed by atoms with Gasteiger partial charge >= 0.3 is 0 Å². The molecule has 0 aliphatic carbocycles. The lowest BCUT2D eigenvalue weighted by Gasteiger charge is -2.38. The lowest BCUT2D eigenvalue weighted by molar-refractivity contribution is 0.120. The number of nitrogens with zero attached hydrogens (tertiary/aromatic N) is 1. The summed E-state index contributed by atoms with van der Waals surface area (Å²) in [4.78, 5) is 2.62. The first-order valence-electron chi connectivity index (χ1n) is 5.22. The molecule has 2 atom stereocenters. The molecule has 1 unspecified atom stereocenters. The number of nitrogens with one attached hydrogen (secondary N) is 1. The molecule has 0 spiro atoms. The van der Waals surface area contributed by atoms with E-state index in [9.17, 15) is 0 Å². The first kappa shape index (κ1) is 10.0. The molecule has 1 rings (SSSR count). The van der Waals surface area contributed by atoms with Crippen molar-refractivity contribution < 1.29 is 0 Å². The Morgan fingerprint density at radius 3 is 2.92 bits per heavy atom. The first-order chi connectivity index (χ1) is 5.75. The van der Waals surface area contributed by atoms with Crippen LogP contribution in [-0.4, -0.2) is 36.6 Å². The lowest BCUT2D eigenvalue weighted by atomic mass is 10.1. The van der Waals surface area contributed by atoms with Crippen LogP contribution in [-0.2, 0) is 0 Å². The van der Waals surface area contributed by atoms with Gasteiger partial charge in [-0.1, -0.05) is 13.3 Å². The summed E-state index contributed by atoms with van der Waals surface area (Å²) in [5.41, 5.74) is 0. The summed E-state index contributed by atoms with van der Waals surface area (Å²) >= 11 is 0. The van der Waals surface area contributed by atoms with E-state index in [1.165, 1.54) is 25.9 Å². The quantitative estimate of drug-likeness (QED) is 0.690. The fraction of sp³-hybridized carbons (Fsp3) is 1.00. The molecule has 2 heteroatoms. The second-order valence-corrected chi connectivity index (χ2v) is 3.93. The molecule has 0 aromatic rings. The summed E-state index contributed by atoms with van der Waals surface area (Å²) in [5.74, 6) is 0. The van der Waals surface area contributed by atoms with Gasteiger partial charge in [0.25, 0.3) is 0 Å². The third-order valence-corrected chi connectivity index (χ3v) is 2.83. The van der Waals surface area contributed by atoms with Crippen molar-refractivity contribution in [2.24, 2.45) is 0 Å². The smallest absolute Gasteiger partial charge is 0.0195 e. The molecule has 1 N–H and O–H groups in total. The van der Waals surface area contributed by atoms with Crippen molar-refractivity contribution in [3.8, 4) is 0 Å². The fourth-order valence-electron chi connectivity index (χ4n) is 2.10. The van der Waals surface area contributed by atoms with Gasteiger partial charge in [0.2, 0.25) is 0 Å². The van der Waals surface area contributed by atoms with Crippen LogP contribution in [0.1, 0.15) is 33.6 Å². The Labute approximate surface area is 76.3 Å². The Bertz CT molecular complexity index is 125. The van der Waals surface area contributed by atoms with Crippen LogP contribution in [0.2, 0.25) is 0 Å². The zero-order valence-electron chi connectivity index (χ0n) is 8.64. The summed E-state index contributed by atoms with van der Waals surface area (Å²) in [5, 5.41) is 3.42. The van der Waals surface area contributed by atoms with Crippen molar-refractivity contribution >= 4 is 0 Å². The van der Waals surface area contributed by atoms with Gasteiger partial charge in [-0.2, -0.15) is 0 Å². The highest BCUT2D eigenvalue weighted by Gasteiger charge is 2.21. The van der Waals surface area contributed by atoms with Crippen LogP contribution in [0.25, 0.3) is 0 Å². The van der Waals surface area contributed by atoms with E-state index in [2.05, 4.69) is 31.0 Å². The van der Waals surface area contributed by atoms with Crippen LogP contribution in [0.4, 0.5) is 0 Å². The van der Waals surface area contributed by atoms with E-state index in [1.807, 2.05) is 0 Å². The predicted molar refractivity (Wildman–Crippen MR) is 53.4 cm³/mol. The Hall–Kier alpha value is -0.0800. The Morgan fingerprint density at radius 1 is 1.58 bits per heavy atom. The van der Waals surface area contributed by atoms with Crippen molar-refractivity contribution in [3.05, 3.63) is 0 Å². The molecule has 72 valence electrons. The van der Waals surface area contributed by atoms with Gasteiger partial charge < -0.3 is 5.32 Å². The first-order valence-corrected chi connectivity index (χ1v) is 5.22. The van der Waals surface area contributed by atoms with E-state index in [1.54, 1.807) is 0 Å². The van der Waals surface area contributed by atoms with Gasteiger partial charge in [0.1, 0.15) is 0 Å². The minimum Gasteiger partial charge on any atom is -0.314 e. The van der Waals surface area contributed by atoms with Gasteiger partial charge in [0.05, 0.1) is 0 Å². The van der Waals surface area contributed by atoms with E-state index >= 15 is 0 Å². The van der Waals surface area contributed by atoms with E-state index in [0.29, 0.717) is 0 Å². The Balaban J connectivity index is 2.36. The zero-order valence-corrected chi connectivity index (χ0v) is 8.64. The molecule has 0 aromatic heterocycles. The highest BCUT2D eigenvalue weighted by molar-refractivity contribution is 4.79. The van der Waals surface area contributed by atoms with Crippen molar-refractivity contribution in [1.29, 1.82) is 0 Å². The van der Waals surface area contributed by atoms with Gasteiger partial charge in [-0.3, -0.25) is 4.90 Å². The van der Waals surface area contributed by atoms with Crippen LogP contribution >= 0.6 is 0 Å². The highest BCUT2D eigenvalue weighted by Crippen LogP contribution is 2.11. The summed E-state index contributed by atoms with van der Waals surface area (Å²) in [6.07, 6.45) is 2.64. The maximum Gasteiger partial charge on any atom is 0.0195 e. The normalized spacial score (nSPS) is 28.8. The average molecular weight is 170 g/mol. The largest absolute Gasteiger partial charge is 0.314 e. The van der Waals surface area contributed by atoms with Crippen molar-refractivity contribution in [2.45, 2.75) is 45.7 Å². The highest BCUT2D eigenvalue weighted by atomic mass is 15.2. The van der Waals surface area contributed by atoms with Crippen LogP contribution in [0.3, 0.4) is 0 Å². The molecule has 1 saturated heterocycles. The molecule has 12 heavy (non-hydrogen) atoms. The van der Waals surface area contributed by atoms with E-state index < -0.39 is 0 Å². The molecule has 0 bridgehead atoms. The van der Waals surface area contributed by atoms with Crippen LogP contribution < -0.4 is 5.32 Å². The number of rotatable bonds is 3. The molecule has 0 radical (unpaired) electrons. The van der Waals surface area contributed by atoms with Gasteiger partial charge in [-0.05, 0) is 20.3 Å². The molecule has 1 heterocycles. The van der Waals surface area contributed by atoms with Crippen molar-refractivity contribution in [2.75, 3.05) is 19.6 Å². The number of hydrogen-bond acceptors (Lipinski definition) is 2. The van der Waals surface area contributed by atoms with Gasteiger partial charge in [-0.15, -0.1) is 0 Å². The predicted octanol–water partition coefficient (Wildman–Crippen LogP) is 1.47. The van der Waals surface area contributed by atoms with Crippen LogP contribution in [0.15, 0.2) is 0 Å². The lowest BCUT2D eigenvalue weighted by Crippen LogP contribution is -2.53. The third-order valence-electron chi connectivity index (χ3n) is 2.83. The van der Waals surface area contributed by atoms with Crippen molar-refractivity contribution in [3.63, 3.8) is 0 Å². The number of piperazine rings is 1. The maximum atomic E-state index is 3.42. The molecule has 0 saturated carbocycles. The Kier molecular flexibility index (Phi) is 4.02. The molecular weight excluding hydrogens is 148 g/mol. The fourth-order valence-corrected chi connectivity index (χ4v) is 2.10. The molecule has 2 nitrogen and oxygen atoms in total. The standard InChI is InChI=1S/C10H22N2/c1-4-5-9(2)12-7-6-11-8-10(12)3/h9-11H,4-8H2,1-3H3/t9?,10-/m0/s1. The molecule has 1 aliphatic heterocycles. The Morgan fingerprint density at radius 2 is 2.33 bits per heavy atom.